The van der Waals surface area contributed by atoms with Gasteiger partial charge in [-0.25, -0.2) is 18.3 Å². The number of hydrogen-bond acceptors (Lipinski definition) is 4. The minimum atomic E-state index is -2.63. The van der Waals surface area contributed by atoms with E-state index in [2.05, 4.69) is 9.84 Å². The lowest BCUT2D eigenvalue weighted by Crippen LogP contribution is -2.38. The zero-order valence-electron chi connectivity index (χ0n) is 13.6. The topological polar surface area (TPSA) is 64.4 Å². The lowest BCUT2D eigenvalue weighted by atomic mass is 10.2. The van der Waals surface area contributed by atoms with Crippen LogP contribution in [-0.4, -0.2) is 52.7 Å². The van der Waals surface area contributed by atoms with Crippen LogP contribution < -0.4 is 0 Å². The highest BCUT2D eigenvalue weighted by atomic mass is 19.3. The molecule has 0 radical (unpaired) electrons. The molecule has 0 atom stereocenters. The molecule has 1 fully saturated rings. The molecule has 25 heavy (non-hydrogen) atoms. The molecular formula is C17H17F2N3O3. The fourth-order valence-corrected chi connectivity index (χ4v) is 2.58. The molecule has 1 aliphatic rings. The number of hydrogen-bond donors (Lipinski definition) is 0. The summed E-state index contributed by atoms with van der Waals surface area (Å²) < 4.78 is 31.7. The van der Waals surface area contributed by atoms with Gasteiger partial charge in [-0.15, -0.1) is 0 Å². The van der Waals surface area contributed by atoms with Crippen LogP contribution in [0.1, 0.15) is 33.8 Å². The van der Waals surface area contributed by atoms with Crippen molar-refractivity contribution in [2.75, 3.05) is 13.7 Å². The molecule has 0 aliphatic heterocycles. The van der Waals surface area contributed by atoms with E-state index in [4.69, 9.17) is 0 Å². The predicted octanol–water partition coefficient (Wildman–Crippen LogP) is 2.53. The Morgan fingerprint density at radius 1 is 1.32 bits per heavy atom. The first-order valence-electron chi connectivity index (χ1n) is 7.84. The SMILES string of the molecule is COC(=O)c1cc(C(=O)N(CC(F)F)C2CC2)n(-c2ccccc2)n1. The Balaban J connectivity index is 2.02. The second kappa shape index (κ2) is 7.00. The summed E-state index contributed by atoms with van der Waals surface area (Å²) in [6, 6.07) is 9.80. The highest BCUT2D eigenvalue weighted by molar-refractivity contribution is 5.97. The van der Waals surface area contributed by atoms with E-state index in [1.54, 1.807) is 30.3 Å². The van der Waals surface area contributed by atoms with E-state index in [0.29, 0.717) is 18.5 Å². The van der Waals surface area contributed by atoms with Crippen molar-refractivity contribution in [3.8, 4) is 5.69 Å². The zero-order valence-corrected chi connectivity index (χ0v) is 13.6. The Morgan fingerprint density at radius 3 is 2.56 bits per heavy atom. The molecule has 1 saturated carbocycles. The van der Waals surface area contributed by atoms with Gasteiger partial charge in [0.05, 0.1) is 19.3 Å². The molecule has 1 aromatic heterocycles. The van der Waals surface area contributed by atoms with Gasteiger partial charge in [-0.3, -0.25) is 4.79 Å². The number of carbonyl (C=O) groups excluding carboxylic acids is 2. The summed E-state index contributed by atoms with van der Waals surface area (Å²) in [5.74, 6) is -1.27. The number of halogens is 2. The third-order valence-corrected chi connectivity index (χ3v) is 3.91. The van der Waals surface area contributed by atoms with Crippen LogP contribution in [0.2, 0.25) is 0 Å². The van der Waals surface area contributed by atoms with E-state index in [-0.39, 0.29) is 17.4 Å². The Bertz CT molecular complexity index is 773. The van der Waals surface area contributed by atoms with Gasteiger partial charge in [0, 0.05) is 12.1 Å². The summed E-state index contributed by atoms with van der Waals surface area (Å²) in [4.78, 5) is 25.8. The van der Waals surface area contributed by atoms with Gasteiger partial charge < -0.3 is 9.64 Å². The Kier molecular flexibility index (Phi) is 4.78. The molecule has 2 aromatic rings. The van der Waals surface area contributed by atoms with Crippen molar-refractivity contribution in [2.45, 2.75) is 25.3 Å². The van der Waals surface area contributed by atoms with E-state index in [1.165, 1.54) is 17.9 Å². The Labute approximate surface area is 143 Å². The Hall–Kier alpha value is -2.77. The van der Waals surface area contributed by atoms with Gasteiger partial charge in [0.15, 0.2) is 5.69 Å². The predicted molar refractivity (Wildman–Crippen MR) is 85.0 cm³/mol. The van der Waals surface area contributed by atoms with Gasteiger partial charge in [0.25, 0.3) is 12.3 Å². The normalized spacial score (nSPS) is 13.8. The van der Waals surface area contributed by atoms with Crippen molar-refractivity contribution < 1.29 is 23.1 Å². The molecule has 132 valence electrons. The first kappa shape index (κ1) is 17.1. The minimum absolute atomic E-state index is 0.0532. The average molecular weight is 349 g/mol. The Morgan fingerprint density at radius 2 is 2.00 bits per heavy atom. The minimum Gasteiger partial charge on any atom is -0.464 e. The first-order chi connectivity index (χ1) is 12.0. The van der Waals surface area contributed by atoms with Crippen LogP contribution in [0.4, 0.5) is 8.78 Å². The number of nitrogens with zero attached hydrogens (tertiary/aromatic N) is 3. The number of carbonyl (C=O) groups is 2. The number of aromatic nitrogens is 2. The third-order valence-electron chi connectivity index (χ3n) is 3.91. The van der Waals surface area contributed by atoms with Crippen LogP contribution in [-0.2, 0) is 4.74 Å². The van der Waals surface area contributed by atoms with Crippen molar-refractivity contribution in [1.29, 1.82) is 0 Å². The van der Waals surface area contributed by atoms with Crippen LogP contribution in [0, 0.1) is 0 Å². The van der Waals surface area contributed by atoms with E-state index >= 15 is 0 Å². The lowest BCUT2D eigenvalue weighted by molar-refractivity contribution is 0.0526. The van der Waals surface area contributed by atoms with Crippen molar-refractivity contribution in [3.63, 3.8) is 0 Å². The fraction of sp³-hybridized carbons (Fsp3) is 0.353. The fourth-order valence-electron chi connectivity index (χ4n) is 2.58. The summed E-state index contributed by atoms with van der Waals surface area (Å²) in [5, 5.41) is 4.12. The maximum atomic E-state index is 12.9. The molecular weight excluding hydrogens is 332 g/mol. The van der Waals surface area contributed by atoms with Gasteiger partial charge in [-0.2, -0.15) is 5.10 Å². The molecule has 1 aliphatic carbocycles. The monoisotopic (exact) mass is 349 g/mol. The van der Waals surface area contributed by atoms with E-state index in [0.717, 1.165) is 4.90 Å². The highest BCUT2D eigenvalue weighted by Crippen LogP contribution is 2.29. The molecule has 8 heteroatoms. The van der Waals surface area contributed by atoms with E-state index < -0.39 is 24.8 Å². The molecule has 1 aromatic carbocycles. The zero-order chi connectivity index (χ0) is 18.0. The molecule has 1 heterocycles. The molecule has 0 saturated heterocycles. The first-order valence-corrected chi connectivity index (χ1v) is 7.84. The number of ether oxygens (including phenoxy) is 1. The number of alkyl halides is 2. The summed E-state index contributed by atoms with van der Waals surface area (Å²) in [6.07, 6.45) is -1.23. The third kappa shape index (κ3) is 3.67. The van der Waals surface area contributed by atoms with Crippen LogP contribution in [0.25, 0.3) is 5.69 Å². The molecule has 6 nitrogen and oxygen atoms in total. The van der Waals surface area contributed by atoms with Gasteiger partial charge >= 0.3 is 5.97 Å². The molecule has 3 rings (SSSR count). The molecule has 1 amide bonds. The lowest BCUT2D eigenvalue weighted by Gasteiger charge is -2.22. The maximum Gasteiger partial charge on any atom is 0.358 e. The van der Waals surface area contributed by atoms with Crippen LogP contribution in [0.3, 0.4) is 0 Å². The molecule has 0 N–H and O–H groups in total. The standard InChI is InChI=1S/C17H17F2N3O3/c1-25-17(24)13-9-14(22(20-13)12-5-3-2-4-6-12)16(23)21(10-15(18)19)11-7-8-11/h2-6,9,11,15H,7-8,10H2,1H3. The highest BCUT2D eigenvalue weighted by Gasteiger charge is 2.36. The summed E-state index contributed by atoms with van der Waals surface area (Å²) >= 11 is 0. The van der Waals surface area contributed by atoms with Crippen LogP contribution >= 0.6 is 0 Å². The number of para-hydroxylation sites is 1. The quantitative estimate of drug-likeness (QED) is 0.752. The van der Waals surface area contributed by atoms with Crippen molar-refractivity contribution in [2.24, 2.45) is 0 Å². The van der Waals surface area contributed by atoms with Crippen molar-refractivity contribution in [3.05, 3.63) is 47.8 Å². The summed E-state index contributed by atoms with van der Waals surface area (Å²) in [6.45, 7) is -0.642. The number of methoxy groups -OCH3 is 1. The van der Waals surface area contributed by atoms with Gasteiger partial charge in [-0.1, -0.05) is 18.2 Å². The van der Waals surface area contributed by atoms with Gasteiger partial charge in [0.2, 0.25) is 0 Å². The van der Waals surface area contributed by atoms with Gasteiger partial charge in [0.1, 0.15) is 5.69 Å². The van der Waals surface area contributed by atoms with E-state index in [9.17, 15) is 18.4 Å². The number of rotatable bonds is 6. The molecule has 0 bridgehead atoms. The van der Waals surface area contributed by atoms with Crippen LogP contribution in [0.15, 0.2) is 36.4 Å². The van der Waals surface area contributed by atoms with Gasteiger partial charge in [-0.05, 0) is 25.0 Å². The largest absolute Gasteiger partial charge is 0.464 e. The van der Waals surface area contributed by atoms with E-state index in [1.807, 2.05) is 0 Å². The summed E-state index contributed by atoms with van der Waals surface area (Å²) in [7, 11) is 1.21. The molecule has 0 unspecified atom stereocenters. The number of amides is 1. The average Bonchev–Trinajstić information content (AvgIpc) is 3.36. The van der Waals surface area contributed by atoms with Crippen LogP contribution in [0.5, 0.6) is 0 Å². The summed E-state index contributed by atoms with van der Waals surface area (Å²) in [5.41, 5.74) is 0.551. The second-order valence-corrected chi connectivity index (χ2v) is 5.73. The second-order valence-electron chi connectivity index (χ2n) is 5.73. The van der Waals surface area contributed by atoms with Crippen molar-refractivity contribution >= 4 is 11.9 Å². The number of esters is 1. The van der Waals surface area contributed by atoms with Crippen molar-refractivity contribution in [1.82, 2.24) is 14.7 Å². The maximum absolute atomic E-state index is 12.9. The smallest absolute Gasteiger partial charge is 0.358 e. The number of benzene rings is 1. The molecule has 0 spiro atoms.